The molecule has 18 heavy (non-hydrogen) atoms. The van der Waals surface area contributed by atoms with Crippen LogP contribution >= 0.6 is 0 Å². The second kappa shape index (κ2) is 6.44. The lowest BCUT2D eigenvalue weighted by Crippen LogP contribution is -2.44. The van der Waals surface area contributed by atoms with Crippen LogP contribution in [0.3, 0.4) is 0 Å². The number of aryl methyl sites for hydroxylation is 2. The lowest BCUT2D eigenvalue weighted by atomic mass is 10.1. The van der Waals surface area contributed by atoms with E-state index in [1.165, 1.54) is 0 Å². The number of rotatable bonds is 5. The third-order valence-corrected chi connectivity index (χ3v) is 2.94. The Morgan fingerprint density at radius 2 is 2.11 bits per heavy atom. The molecule has 1 rings (SSSR count). The molecule has 0 fully saturated rings. The summed E-state index contributed by atoms with van der Waals surface area (Å²) in [7, 11) is 0. The van der Waals surface area contributed by atoms with Crippen LogP contribution in [0.25, 0.3) is 0 Å². The molecule has 0 bridgehead atoms. The predicted octanol–water partition coefficient (Wildman–Crippen LogP) is 2.03. The number of carbonyl (C=O) groups excluding carboxylic acids is 1. The molecule has 0 aliphatic heterocycles. The van der Waals surface area contributed by atoms with Gasteiger partial charge < -0.3 is 20.2 Å². The van der Waals surface area contributed by atoms with Crippen LogP contribution in [0, 0.1) is 13.8 Å². The van der Waals surface area contributed by atoms with E-state index in [-0.39, 0.29) is 24.7 Å². The molecule has 0 saturated heterocycles. The lowest BCUT2D eigenvalue weighted by Gasteiger charge is -2.18. The average molecular weight is 254 g/mol. The van der Waals surface area contributed by atoms with E-state index in [1.807, 2.05) is 33.8 Å². The van der Waals surface area contributed by atoms with Crippen molar-refractivity contribution in [3.63, 3.8) is 0 Å². The zero-order valence-corrected chi connectivity index (χ0v) is 11.4. The molecule has 1 heterocycles. The Balaban J connectivity index is 2.57. The summed E-state index contributed by atoms with van der Waals surface area (Å²) in [6.07, 6.45) is 0.697. The van der Waals surface area contributed by atoms with Crippen LogP contribution in [-0.2, 0) is 0 Å². The molecule has 2 atom stereocenters. The normalized spacial score (nSPS) is 14.1. The Labute approximate surface area is 108 Å². The minimum absolute atomic E-state index is 0.0534. The minimum atomic E-state index is -0.276. The van der Waals surface area contributed by atoms with Gasteiger partial charge in [0.25, 0.3) is 0 Å². The van der Waals surface area contributed by atoms with Crippen LogP contribution in [0.4, 0.5) is 4.79 Å². The summed E-state index contributed by atoms with van der Waals surface area (Å²) >= 11 is 0. The van der Waals surface area contributed by atoms with Crippen LogP contribution in [0.15, 0.2) is 10.5 Å². The summed E-state index contributed by atoms with van der Waals surface area (Å²) in [5, 5.41) is 14.6. The first-order chi connectivity index (χ1) is 8.47. The van der Waals surface area contributed by atoms with Gasteiger partial charge in [-0.15, -0.1) is 0 Å². The minimum Gasteiger partial charge on any atom is -0.466 e. The number of furan rings is 1. The highest BCUT2D eigenvalue weighted by Gasteiger charge is 2.16. The van der Waals surface area contributed by atoms with Gasteiger partial charge >= 0.3 is 6.03 Å². The molecule has 102 valence electrons. The lowest BCUT2D eigenvalue weighted by molar-refractivity contribution is 0.212. The zero-order valence-electron chi connectivity index (χ0n) is 11.4. The van der Waals surface area contributed by atoms with Crippen molar-refractivity contribution in [3.8, 4) is 0 Å². The standard InChI is InChI=1S/C13H22N2O3/c1-5-11(7-16)15-13(17)14-9(3)12-6-8(2)18-10(12)4/h6,9,11,16H,5,7H2,1-4H3,(H2,14,15,17). The van der Waals surface area contributed by atoms with Crippen LogP contribution in [0.1, 0.15) is 43.4 Å². The molecule has 0 spiro atoms. The number of amides is 2. The molecular formula is C13H22N2O3. The quantitative estimate of drug-likeness (QED) is 0.752. The summed E-state index contributed by atoms with van der Waals surface area (Å²) in [6, 6.07) is 1.31. The Morgan fingerprint density at radius 3 is 2.56 bits per heavy atom. The number of aliphatic hydroxyl groups excluding tert-OH is 1. The van der Waals surface area contributed by atoms with Gasteiger partial charge in [-0.2, -0.15) is 0 Å². The van der Waals surface area contributed by atoms with Gasteiger partial charge in [0.2, 0.25) is 0 Å². The largest absolute Gasteiger partial charge is 0.466 e. The molecule has 3 N–H and O–H groups in total. The highest BCUT2D eigenvalue weighted by molar-refractivity contribution is 5.74. The maximum Gasteiger partial charge on any atom is 0.315 e. The molecule has 2 unspecified atom stereocenters. The third kappa shape index (κ3) is 3.77. The Hall–Kier alpha value is -1.49. The zero-order chi connectivity index (χ0) is 13.7. The summed E-state index contributed by atoms with van der Waals surface area (Å²) < 4.78 is 5.43. The molecule has 2 amide bonds. The van der Waals surface area contributed by atoms with Crippen molar-refractivity contribution in [3.05, 3.63) is 23.2 Å². The summed E-state index contributed by atoms with van der Waals surface area (Å²) in [5.41, 5.74) is 0.972. The van der Waals surface area contributed by atoms with Crippen molar-refractivity contribution in [1.82, 2.24) is 10.6 Å². The predicted molar refractivity (Wildman–Crippen MR) is 69.4 cm³/mol. The summed E-state index contributed by atoms with van der Waals surface area (Å²) in [4.78, 5) is 11.7. The molecule has 1 aromatic heterocycles. The smallest absolute Gasteiger partial charge is 0.315 e. The highest BCUT2D eigenvalue weighted by atomic mass is 16.3. The van der Waals surface area contributed by atoms with Crippen LogP contribution in [0.2, 0.25) is 0 Å². The number of aliphatic hydroxyl groups is 1. The number of nitrogens with one attached hydrogen (secondary N) is 2. The second-order valence-corrected chi connectivity index (χ2v) is 4.50. The van der Waals surface area contributed by atoms with E-state index in [0.29, 0.717) is 6.42 Å². The van der Waals surface area contributed by atoms with Gasteiger partial charge in [0.1, 0.15) is 11.5 Å². The van der Waals surface area contributed by atoms with E-state index in [9.17, 15) is 4.79 Å². The van der Waals surface area contributed by atoms with Crippen molar-refractivity contribution >= 4 is 6.03 Å². The van der Waals surface area contributed by atoms with Gasteiger partial charge in [-0.25, -0.2) is 4.79 Å². The number of hydrogen-bond donors (Lipinski definition) is 3. The summed E-state index contributed by atoms with van der Waals surface area (Å²) in [6.45, 7) is 7.51. The molecule has 0 saturated carbocycles. The highest BCUT2D eigenvalue weighted by Crippen LogP contribution is 2.20. The number of urea groups is 1. The fourth-order valence-corrected chi connectivity index (χ4v) is 1.86. The van der Waals surface area contributed by atoms with Gasteiger partial charge in [-0.05, 0) is 33.3 Å². The average Bonchev–Trinajstić information content (AvgIpc) is 2.65. The number of carbonyl (C=O) groups is 1. The monoisotopic (exact) mass is 254 g/mol. The molecule has 5 heteroatoms. The third-order valence-electron chi connectivity index (χ3n) is 2.94. The molecule has 1 aromatic rings. The van der Waals surface area contributed by atoms with E-state index in [2.05, 4.69) is 10.6 Å². The Bertz CT molecular complexity index is 397. The fourth-order valence-electron chi connectivity index (χ4n) is 1.86. The topological polar surface area (TPSA) is 74.5 Å². The Kier molecular flexibility index (Phi) is 5.22. The van der Waals surface area contributed by atoms with E-state index in [1.54, 1.807) is 0 Å². The van der Waals surface area contributed by atoms with Crippen molar-refractivity contribution in [2.45, 2.75) is 46.2 Å². The van der Waals surface area contributed by atoms with Crippen molar-refractivity contribution < 1.29 is 14.3 Å². The van der Waals surface area contributed by atoms with E-state index in [0.717, 1.165) is 17.1 Å². The molecule has 5 nitrogen and oxygen atoms in total. The van der Waals surface area contributed by atoms with Gasteiger partial charge in [0.15, 0.2) is 0 Å². The SMILES string of the molecule is CCC(CO)NC(=O)NC(C)c1cc(C)oc1C. The fraction of sp³-hybridized carbons (Fsp3) is 0.615. The first-order valence-electron chi connectivity index (χ1n) is 6.22. The first kappa shape index (κ1) is 14.6. The van der Waals surface area contributed by atoms with Crippen LogP contribution in [0.5, 0.6) is 0 Å². The maximum absolute atomic E-state index is 11.7. The van der Waals surface area contributed by atoms with Crippen LogP contribution < -0.4 is 10.6 Å². The molecule has 0 aromatic carbocycles. The van der Waals surface area contributed by atoms with E-state index < -0.39 is 0 Å². The molecule has 0 aliphatic carbocycles. The van der Waals surface area contributed by atoms with Crippen molar-refractivity contribution in [1.29, 1.82) is 0 Å². The Morgan fingerprint density at radius 1 is 1.44 bits per heavy atom. The maximum atomic E-state index is 11.7. The molecule has 0 radical (unpaired) electrons. The van der Waals surface area contributed by atoms with Crippen molar-refractivity contribution in [2.75, 3.05) is 6.61 Å². The van der Waals surface area contributed by atoms with E-state index in [4.69, 9.17) is 9.52 Å². The van der Waals surface area contributed by atoms with E-state index >= 15 is 0 Å². The van der Waals surface area contributed by atoms with Gasteiger partial charge in [0.05, 0.1) is 18.7 Å². The van der Waals surface area contributed by atoms with Gasteiger partial charge in [0, 0.05) is 5.56 Å². The van der Waals surface area contributed by atoms with Crippen LogP contribution in [-0.4, -0.2) is 23.8 Å². The molecule has 0 aliphatic rings. The second-order valence-electron chi connectivity index (χ2n) is 4.50. The van der Waals surface area contributed by atoms with Gasteiger partial charge in [-0.1, -0.05) is 6.92 Å². The number of hydrogen-bond acceptors (Lipinski definition) is 3. The van der Waals surface area contributed by atoms with Crippen molar-refractivity contribution in [2.24, 2.45) is 0 Å². The molecular weight excluding hydrogens is 232 g/mol. The first-order valence-corrected chi connectivity index (χ1v) is 6.22. The van der Waals surface area contributed by atoms with Gasteiger partial charge in [-0.3, -0.25) is 0 Å². The summed E-state index contributed by atoms with van der Waals surface area (Å²) in [5.74, 6) is 1.65.